The van der Waals surface area contributed by atoms with Gasteiger partial charge in [0, 0.05) is 32.5 Å². The zero-order valence-electron chi connectivity index (χ0n) is 11.7. The Labute approximate surface area is 117 Å². The normalized spacial score (nSPS) is 15.6. The molecule has 0 amide bonds. The van der Waals surface area contributed by atoms with E-state index in [1.54, 1.807) is 6.20 Å². The van der Waals surface area contributed by atoms with Crippen molar-refractivity contribution in [1.82, 2.24) is 24.5 Å². The highest BCUT2D eigenvalue weighted by Gasteiger charge is 2.16. The van der Waals surface area contributed by atoms with Crippen molar-refractivity contribution in [1.29, 1.82) is 0 Å². The van der Waals surface area contributed by atoms with Crippen LogP contribution in [0.2, 0.25) is 0 Å². The van der Waals surface area contributed by atoms with Gasteiger partial charge in [-0.05, 0) is 19.3 Å². The van der Waals surface area contributed by atoms with E-state index in [4.69, 9.17) is 5.73 Å². The van der Waals surface area contributed by atoms with E-state index in [0.29, 0.717) is 18.2 Å². The Balaban J connectivity index is 1.84. The number of rotatable bonds is 3. The average Bonchev–Trinajstić information content (AvgIpc) is 2.85. The van der Waals surface area contributed by atoms with E-state index in [9.17, 15) is 0 Å². The molecule has 3 heterocycles. The van der Waals surface area contributed by atoms with Crippen LogP contribution < -0.4 is 10.6 Å². The maximum Gasteiger partial charge on any atom is 0.230 e. The molecule has 2 aromatic rings. The third-order valence-corrected chi connectivity index (χ3v) is 3.56. The summed E-state index contributed by atoms with van der Waals surface area (Å²) in [4.78, 5) is 19.5. The van der Waals surface area contributed by atoms with Crippen LogP contribution in [0, 0.1) is 0 Å². The first-order valence-corrected chi connectivity index (χ1v) is 6.94. The Hall–Kier alpha value is -2.18. The van der Waals surface area contributed by atoms with E-state index >= 15 is 0 Å². The Bertz CT molecular complexity index is 586. The minimum atomic E-state index is 0.282. The van der Waals surface area contributed by atoms with Gasteiger partial charge in [-0.1, -0.05) is 0 Å². The minimum Gasteiger partial charge on any atom is -0.368 e. The van der Waals surface area contributed by atoms with Gasteiger partial charge >= 0.3 is 0 Å². The number of aromatic nitrogens is 5. The maximum absolute atomic E-state index is 5.82. The zero-order chi connectivity index (χ0) is 13.9. The lowest BCUT2D eigenvalue weighted by Gasteiger charge is -2.26. The maximum atomic E-state index is 5.82. The number of hydrogen-bond donors (Lipinski definition) is 1. The number of imidazole rings is 1. The molecule has 106 valence electrons. The lowest BCUT2D eigenvalue weighted by Crippen LogP contribution is -2.31. The minimum absolute atomic E-state index is 0.282. The molecule has 3 rings (SSSR count). The summed E-state index contributed by atoms with van der Waals surface area (Å²) in [6.07, 6.45) is 7.88. The van der Waals surface area contributed by atoms with E-state index in [-0.39, 0.29) is 5.95 Å². The quantitative estimate of drug-likeness (QED) is 0.889. The highest BCUT2D eigenvalue weighted by atomic mass is 15.3. The fourth-order valence-corrected chi connectivity index (χ4v) is 2.45. The molecule has 7 heteroatoms. The second-order valence-electron chi connectivity index (χ2n) is 5.09. The van der Waals surface area contributed by atoms with E-state index in [1.165, 1.54) is 19.3 Å². The lowest BCUT2D eigenvalue weighted by molar-refractivity contribution is 0.566. The van der Waals surface area contributed by atoms with E-state index < -0.39 is 0 Å². The molecule has 1 saturated heterocycles. The standard InChI is InChI=1S/C13H19N7/c1-19-8-5-15-11(19)9-10-16-12(14)18-13(17-10)20-6-3-2-4-7-20/h5,8H,2-4,6-7,9H2,1H3,(H2,14,16,17,18). The molecular weight excluding hydrogens is 254 g/mol. The van der Waals surface area contributed by atoms with Crippen molar-refractivity contribution < 1.29 is 0 Å². The molecule has 0 aromatic carbocycles. The SMILES string of the molecule is Cn1ccnc1Cc1nc(N)nc(N2CCCCC2)n1. The first-order chi connectivity index (χ1) is 9.72. The fourth-order valence-electron chi connectivity index (χ4n) is 2.45. The van der Waals surface area contributed by atoms with Crippen LogP contribution in [0.15, 0.2) is 12.4 Å². The number of nitrogens with zero attached hydrogens (tertiary/aromatic N) is 6. The van der Waals surface area contributed by atoms with Gasteiger partial charge in [-0.3, -0.25) is 0 Å². The van der Waals surface area contributed by atoms with Crippen molar-refractivity contribution in [2.75, 3.05) is 23.7 Å². The monoisotopic (exact) mass is 273 g/mol. The van der Waals surface area contributed by atoms with E-state index in [1.807, 2.05) is 17.8 Å². The first-order valence-electron chi connectivity index (χ1n) is 6.94. The summed E-state index contributed by atoms with van der Waals surface area (Å²) in [6, 6.07) is 0. The number of nitrogen functional groups attached to an aromatic ring is 1. The number of aryl methyl sites for hydroxylation is 1. The molecule has 0 atom stereocenters. The van der Waals surface area contributed by atoms with Gasteiger partial charge in [0.1, 0.15) is 11.6 Å². The molecule has 1 aliphatic heterocycles. The van der Waals surface area contributed by atoms with Gasteiger partial charge in [-0.2, -0.15) is 15.0 Å². The molecule has 0 unspecified atom stereocenters. The summed E-state index contributed by atoms with van der Waals surface area (Å²) in [7, 11) is 1.96. The van der Waals surface area contributed by atoms with Gasteiger partial charge in [-0.25, -0.2) is 4.98 Å². The van der Waals surface area contributed by atoms with Crippen molar-refractivity contribution in [3.05, 3.63) is 24.0 Å². The summed E-state index contributed by atoms with van der Waals surface area (Å²) in [5.41, 5.74) is 5.82. The smallest absolute Gasteiger partial charge is 0.230 e. The predicted molar refractivity (Wildman–Crippen MR) is 76.3 cm³/mol. The van der Waals surface area contributed by atoms with Gasteiger partial charge in [0.15, 0.2) is 0 Å². The largest absolute Gasteiger partial charge is 0.368 e. The second-order valence-corrected chi connectivity index (χ2v) is 5.09. The number of piperidine rings is 1. The molecule has 2 aromatic heterocycles. The van der Waals surface area contributed by atoms with Gasteiger partial charge in [0.05, 0.1) is 6.42 Å². The summed E-state index contributed by atoms with van der Waals surface area (Å²) in [6.45, 7) is 1.98. The first kappa shape index (κ1) is 12.8. The third-order valence-electron chi connectivity index (χ3n) is 3.56. The molecule has 2 N–H and O–H groups in total. The van der Waals surface area contributed by atoms with Crippen molar-refractivity contribution in [2.24, 2.45) is 7.05 Å². The van der Waals surface area contributed by atoms with Crippen molar-refractivity contribution in [2.45, 2.75) is 25.7 Å². The molecule has 0 saturated carbocycles. The predicted octanol–water partition coefficient (Wildman–Crippen LogP) is 0.768. The highest BCUT2D eigenvalue weighted by molar-refractivity contribution is 5.35. The molecule has 0 radical (unpaired) electrons. The van der Waals surface area contributed by atoms with Crippen LogP contribution in [-0.2, 0) is 13.5 Å². The van der Waals surface area contributed by atoms with E-state index in [0.717, 1.165) is 18.9 Å². The van der Waals surface area contributed by atoms with Crippen LogP contribution in [-0.4, -0.2) is 37.6 Å². The lowest BCUT2D eigenvalue weighted by atomic mass is 10.1. The number of anilines is 2. The topological polar surface area (TPSA) is 85.8 Å². The van der Waals surface area contributed by atoms with Crippen molar-refractivity contribution >= 4 is 11.9 Å². The number of hydrogen-bond acceptors (Lipinski definition) is 6. The van der Waals surface area contributed by atoms with Crippen LogP contribution in [0.3, 0.4) is 0 Å². The van der Waals surface area contributed by atoms with Gasteiger partial charge in [0.2, 0.25) is 11.9 Å². The Morgan fingerprint density at radius 1 is 1.15 bits per heavy atom. The molecule has 1 aliphatic rings. The molecule has 1 fully saturated rings. The number of nitrogens with two attached hydrogens (primary N) is 1. The van der Waals surface area contributed by atoms with Crippen molar-refractivity contribution in [3.8, 4) is 0 Å². The van der Waals surface area contributed by atoms with Crippen molar-refractivity contribution in [3.63, 3.8) is 0 Å². The van der Waals surface area contributed by atoms with Gasteiger partial charge < -0.3 is 15.2 Å². The molecule has 20 heavy (non-hydrogen) atoms. The highest BCUT2D eigenvalue weighted by Crippen LogP contribution is 2.16. The molecule has 0 bridgehead atoms. The van der Waals surface area contributed by atoms with Gasteiger partial charge in [0.25, 0.3) is 0 Å². The summed E-state index contributed by atoms with van der Waals surface area (Å²) in [5.74, 6) is 2.57. The Kier molecular flexibility index (Phi) is 3.49. The Morgan fingerprint density at radius 3 is 2.65 bits per heavy atom. The molecule has 7 nitrogen and oxygen atoms in total. The summed E-state index contributed by atoms with van der Waals surface area (Å²) in [5, 5.41) is 0. The van der Waals surface area contributed by atoms with E-state index in [2.05, 4.69) is 24.8 Å². The molecule has 0 aliphatic carbocycles. The van der Waals surface area contributed by atoms with Crippen LogP contribution >= 0.6 is 0 Å². The summed E-state index contributed by atoms with van der Waals surface area (Å²) >= 11 is 0. The molecular formula is C13H19N7. The Morgan fingerprint density at radius 2 is 1.95 bits per heavy atom. The summed E-state index contributed by atoms with van der Waals surface area (Å²) < 4.78 is 1.96. The van der Waals surface area contributed by atoms with Gasteiger partial charge in [-0.15, -0.1) is 0 Å². The second kappa shape index (κ2) is 5.44. The zero-order valence-corrected chi connectivity index (χ0v) is 11.7. The van der Waals surface area contributed by atoms with Crippen LogP contribution in [0.25, 0.3) is 0 Å². The molecule has 0 spiro atoms. The third kappa shape index (κ3) is 2.71. The van der Waals surface area contributed by atoms with Crippen LogP contribution in [0.1, 0.15) is 30.9 Å². The fraction of sp³-hybridized carbons (Fsp3) is 0.538. The average molecular weight is 273 g/mol. The van der Waals surface area contributed by atoms with Crippen LogP contribution in [0.5, 0.6) is 0 Å². The van der Waals surface area contributed by atoms with Crippen LogP contribution in [0.4, 0.5) is 11.9 Å².